The van der Waals surface area contributed by atoms with Gasteiger partial charge in [0.1, 0.15) is 18.2 Å². The Morgan fingerprint density at radius 1 is 1.05 bits per heavy atom. The summed E-state index contributed by atoms with van der Waals surface area (Å²) in [6, 6.07) is 4.98. The Morgan fingerprint density at radius 3 is 2.54 bits per heavy atom. The van der Waals surface area contributed by atoms with Gasteiger partial charge in [-0.05, 0) is 56.7 Å². The molecule has 3 aromatic rings. The Hall–Kier alpha value is -2.99. The van der Waals surface area contributed by atoms with Crippen molar-refractivity contribution >= 4 is 0 Å². The van der Waals surface area contributed by atoms with E-state index < -0.39 is 11.7 Å². The van der Waals surface area contributed by atoms with Crippen LogP contribution in [0.3, 0.4) is 0 Å². The lowest BCUT2D eigenvalue weighted by molar-refractivity contribution is -0.137. The minimum Gasteiger partial charge on any atom is -0.486 e. The molecule has 0 bridgehead atoms. The van der Waals surface area contributed by atoms with E-state index in [0.29, 0.717) is 18.3 Å². The van der Waals surface area contributed by atoms with Crippen LogP contribution in [-0.2, 0) is 24.6 Å². The Kier molecular flexibility index (Phi) is 7.47. The predicted molar refractivity (Wildman–Crippen MR) is 126 cm³/mol. The maximum absolute atomic E-state index is 12.9. The summed E-state index contributed by atoms with van der Waals surface area (Å²) in [5.74, 6) is 2.14. The van der Waals surface area contributed by atoms with E-state index in [-0.39, 0.29) is 37.0 Å². The number of halogens is 3. The highest BCUT2D eigenvalue weighted by molar-refractivity contribution is 5.30. The van der Waals surface area contributed by atoms with Crippen LogP contribution in [-0.4, -0.2) is 54.2 Å². The third kappa shape index (κ3) is 5.80. The molecule has 1 saturated carbocycles. The highest BCUT2D eigenvalue weighted by atomic mass is 19.4. The SMILES string of the molecule is Cn1c(COc2cccc(C(F)(F)F)c2)nnc1C1CCC(c2cn([C@@H]3CC[C@@H](CO)OC3)nn2)CC1. The summed E-state index contributed by atoms with van der Waals surface area (Å²) >= 11 is 0. The molecule has 2 aliphatic rings. The van der Waals surface area contributed by atoms with Gasteiger partial charge in [-0.3, -0.25) is 0 Å². The average molecular weight is 521 g/mol. The van der Waals surface area contributed by atoms with Gasteiger partial charge in [-0.15, -0.1) is 15.3 Å². The molecule has 1 aromatic carbocycles. The summed E-state index contributed by atoms with van der Waals surface area (Å²) in [7, 11) is 1.87. The second kappa shape index (κ2) is 10.8. The molecule has 200 valence electrons. The van der Waals surface area contributed by atoms with E-state index >= 15 is 0 Å². The fourth-order valence-electron chi connectivity index (χ4n) is 5.21. The van der Waals surface area contributed by atoms with E-state index in [4.69, 9.17) is 9.47 Å². The molecule has 0 unspecified atom stereocenters. The van der Waals surface area contributed by atoms with Gasteiger partial charge < -0.3 is 19.1 Å². The largest absolute Gasteiger partial charge is 0.486 e. The van der Waals surface area contributed by atoms with Crippen molar-refractivity contribution in [1.29, 1.82) is 0 Å². The van der Waals surface area contributed by atoms with Gasteiger partial charge in [0, 0.05) is 25.1 Å². The van der Waals surface area contributed by atoms with Crippen molar-refractivity contribution in [1.82, 2.24) is 29.8 Å². The fourth-order valence-corrected chi connectivity index (χ4v) is 5.21. The number of aliphatic hydroxyl groups is 1. The number of rotatable bonds is 7. The zero-order valence-electron chi connectivity index (χ0n) is 20.6. The zero-order valence-corrected chi connectivity index (χ0v) is 20.6. The number of nitrogens with zero attached hydrogens (tertiary/aromatic N) is 6. The number of hydrogen-bond donors (Lipinski definition) is 1. The van der Waals surface area contributed by atoms with Gasteiger partial charge in [0.05, 0.1) is 36.6 Å². The first kappa shape index (κ1) is 25.7. The van der Waals surface area contributed by atoms with Crippen LogP contribution in [0, 0.1) is 0 Å². The number of benzene rings is 1. The molecule has 0 spiro atoms. The highest BCUT2D eigenvalue weighted by Crippen LogP contribution is 2.39. The number of alkyl halides is 3. The molecule has 2 aromatic heterocycles. The zero-order chi connectivity index (χ0) is 26.0. The van der Waals surface area contributed by atoms with Gasteiger partial charge in [-0.2, -0.15) is 13.2 Å². The van der Waals surface area contributed by atoms with Gasteiger partial charge in [-0.25, -0.2) is 4.68 Å². The number of aliphatic hydroxyl groups excluding tert-OH is 1. The van der Waals surface area contributed by atoms with Crippen molar-refractivity contribution in [3.05, 3.63) is 53.4 Å². The molecule has 1 aliphatic carbocycles. The van der Waals surface area contributed by atoms with E-state index in [9.17, 15) is 18.3 Å². The van der Waals surface area contributed by atoms with Crippen LogP contribution in [0.5, 0.6) is 5.75 Å². The first-order valence-corrected chi connectivity index (χ1v) is 12.6. The third-order valence-corrected chi connectivity index (χ3v) is 7.49. The normalized spacial score (nSPS) is 24.8. The minimum absolute atomic E-state index is 0.0349. The van der Waals surface area contributed by atoms with Gasteiger partial charge >= 0.3 is 6.18 Å². The second-order valence-corrected chi connectivity index (χ2v) is 9.89. The van der Waals surface area contributed by atoms with E-state index in [1.807, 2.05) is 22.5 Å². The van der Waals surface area contributed by atoms with Gasteiger partial charge in [0.15, 0.2) is 5.82 Å². The summed E-state index contributed by atoms with van der Waals surface area (Å²) in [6.07, 6.45) is 3.04. The summed E-state index contributed by atoms with van der Waals surface area (Å²) in [5, 5.41) is 26.6. The van der Waals surface area contributed by atoms with Crippen molar-refractivity contribution in [3.8, 4) is 5.75 Å². The first-order chi connectivity index (χ1) is 17.8. The van der Waals surface area contributed by atoms with Crippen LogP contribution in [0.15, 0.2) is 30.5 Å². The Balaban J connectivity index is 1.15. The standard InChI is InChI=1S/C25H31F3N6O3/c1-33-23(15-37-20-4-2-3-18(11-20)25(26,27)28)30-31-24(33)17-7-5-16(6-8-17)22-12-34(32-29-22)19-9-10-21(13-35)36-14-19/h2-4,11-12,16-17,19,21,35H,5-10,13-15H2,1H3/t16?,17?,19-,21+/m1/s1. The molecule has 5 rings (SSSR count). The topological polar surface area (TPSA) is 100 Å². The molecular formula is C25H31F3N6O3. The van der Waals surface area contributed by atoms with Gasteiger partial charge in [0.25, 0.3) is 0 Å². The molecule has 0 radical (unpaired) electrons. The number of hydrogen-bond acceptors (Lipinski definition) is 7. The van der Waals surface area contributed by atoms with Crippen LogP contribution in [0.2, 0.25) is 0 Å². The highest BCUT2D eigenvalue weighted by Gasteiger charge is 2.31. The van der Waals surface area contributed by atoms with Crippen molar-refractivity contribution in [2.75, 3.05) is 13.2 Å². The lowest BCUT2D eigenvalue weighted by Gasteiger charge is -2.28. The predicted octanol–water partition coefficient (Wildman–Crippen LogP) is 4.16. The second-order valence-electron chi connectivity index (χ2n) is 9.89. The minimum atomic E-state index is -4.42. The van der Waals surface area contributed by atoms with Gasteiger partial charge in [0.2, 0.25) is 0 Å². The molecule has 12 heteroatoms. The maximum Gasteiger partial charge on any atom is 0.416 e. The molecule has 3 heterocycles. The van der Waals surface area contributed by atoms with Crippen LogP contribution in [0.4, 0.5) is 13.2 Å². The number of ether oxygens (including phenoxy) is 2. The summed E-state index contributed by atoms with van der Waals surface area (Å²) < 4.78 is 53.9. The Labute approximate surface area is 212 Å². The molecule has 2 fully saturated rings. The molecule has 1 N–H and O–H groups in total. The molecule has 2 atom stereocenters. The summed E-state index contributed by atoms with van der Waals surface area (Å²) in [6.45, 7) is 0.619. The molecule has 1 saturated heterocycles. The van der Waals surface area contributed by atoms with Crippen LogP contribution < -0.4 is 4.74 Å². The quantitative estimate of drug-likeness (QED) is 0.499. The Morgan fingerprint density at radius 2 is 1.84 bits per heavy atom. The Bertz CT molecular complexity index is 1180. The fraction of sp³-hybridized carbons (Fsp3) is 0.600. The van der Waals surface area contributed by atoms with Gasteiger partial charge in [-0.1, -0.05) is 11.3 Å². The van der Waals surface area contributed by atoms with Crippen molar-refractivity contribution in [2.45, 2.75) is 75.3 Å². The molecule has 37 heavy (non-hydrogen) atoms. The van der Waals surface area contributed by atoms with Crippen LogP contribution in [0.1, 0.15) is 79.3 Å². The average Bonchev–Trinajstić information content (AvgIpc) is 3.55. The van der Waals surface area contributed by atoms with E-state index in [1.165, 1.54) is 12.1 Å². The molecule has 0 amide bonds. The molecule has 9 nitrogen and oxygen atoms in total. The lowest BCUT2D eigenvalue weighted by Crippen LogP contribution is -2.30. The van der Waals surface area contributed by atoms with Crippen LogP contribution in [0.25, 0.3) is 0 Å². The molecular weight excluding hydrogens is 489 g/mol. The van der Waals surface area contributed by atoms with E-state index in [0.717, 1.165) is 62.2 Å². The van der Waals surface area contributed by atoms with Crippen molar-refractivity contribution in [3.63, 3.8) is 0 Å². The summed E-state index contributed by atoms with van der Waals surface area (Å²) in [4.78, 5) is 0. The van der Waals surface area contributed by atoms with E-state index in [2.05, 4.69) is 20.5 Å². The third-order valence-electron chi connectivity index (χ3n) is 7.49. The van der Waals surface area contributed by atoms with Crippen LogP contribution >= 0.6 is 0 Å². The summed E-state index contributed by atoms with van der Waals surface area (Å²) in [5.41, 5.74) is 0.249. The maximum atomic E-state index is 12.9. The molecule has 1 aliphatic heterocycles. The monoisotopic (exact) mass is 520 g/mol. The first-order valence-electron chi connectivity index (χ1n) is 12.6. The lowest BCUT2D eigenvalue weighted by atomic mass is 9.80. The number of aromatic nitrogens is 6. The van der Waals surface area contributed by atoms with E-state index in [1.54, 1.807) is 0 Å². The van der Waals surface area contributed by atoms with Crippen molar-refractivity contribution in [2.24, 2.45) is 7.05 Å². The van der Waals surface area contributed by atoms with Crippen molar-refractivity contribution < 1.29 is 27.8 Å². The smallest absolute Gasteiger partial charge is 0.416 e.